The first-order chi connectivity index (χ1) is 12.7. The van der Waals surface area contributed by atoms with Crippen molar-refractivity contribution in [1.29, 1.82) is 0 Å². The van der Waals surface area contributed by atoms with Gasteiger partial charge in [-0.15, -0.1) is 23.4 Å². The second kappa shape index (κ2) is 10.1. The fourth-order valence-corrected chi connectivity index (χ4v) is 5.00. The SMILES string of the molecule is CCC[C@@H]1C[C@@H](C(=O)NC(C(C)Cl)C2OC(SC)C(O)C(O)C2O)N(C)C1. The summed E-state index contributed by atoms with van der Waals surface area (Å²) < 4.78 is 5.79. The maximum atomic E-state index is 12.9. The molecule has 7 nitrogen and oxygen atoms in total. The van der Waals surface area contributed by atoms with Crippen molar-refractivity contribution in [3.8, 4) is 0 Å². The number of carbonyl (C=O) groups is 1. The van der Waals surface area contributed by atoms with Gasteiger partial charge < -0.3 is 25.4 Å². The number of ether oxygens (including phenoxy) is 1. The lowest BCUT2D eigenvalue weighted by atomic mass is 9.92. The van der Waals surface area contributed by atoms with Crippen molar-refractivity contribution in [1.82, 2.24) is 10.2 Å². The van der Waals surface area contributed by atoms with Crippen molar-refractivity contribution in [2.45, 2.75) is 80.4 Å². The minimum Gasteiger partial charge on any atom is -0.388 e. The monoisotopic (exact) mass is 424 g/mol. The molecule has 9 heteroatoms. The van der Waals surface area contributed by atoms with Crippen LogP contribution < -0.4 is 5.32 Å². The average Bonchev–Trinajstić information content (AvgIpc) is 2.99. The van der Waals surface area contributed by atoms with E-state index in [1.165, 1.54) is 11.8 Å². The number of alkyl halides is 1. The predicted octanol–water partition coefficient (Wildman–Crippen LogP) is 0.390. The molecule has 0 bridgehead atoms. The summed E-state index contributed by atoms with van der Waals surface area (Å²) >= 11 is 7.55. The van der Waals surface area contributed by atoms with E-state index in [2.05, 4.69) is 12.2 Å². The molecule has 2 aliphatic rings. The van der Waals surface area contributed by atoms with E-state index in [1.54, 1.807) is 13.2 Å². The van der Waals surface area contributed by atoms with Crippen LogP contribution in [0.25, 0.3) is 0 Å². The van der Waals surface area contributed by atoms with E-state index in [0.29, 0.717) is 5.92 Å². The number of hydrogen-bond acceptors (Lipinski definition) is 7. The number of likely N-dealkylation sites (N-methyl/N-ethyl adjacent to an activating group) is 1. The Kier molecular flexibility index (Phi) is 8.67. The van der Waals surface area contributed by atoms with Crippen LogP contribution in [0.2, 0.25) is 0 Å². The Morgan fingerprint density at radius 3 is 2.56 bits per heavy atom. The molecule has 158 valence electrons. The zero-order valence-corrected chi connectivity index (χ0v) is 18.0. The first kappa shape index (κ1) is 23.2. The molecule has 0 aromatic heterocycles. The molecule has 0 aromatic rings. The van der Waals surface area contributed by atoms with Gasteiger partial charge in [0.05, 0.1) is 17.5 Å². The number of carbonyl (C=O) groups excluding carboxylic acids is 1. The summed E-state index contributed by atoms with van der Waals surface area (Å²) in [6.45, 7) is 4.74. The predicted molar refractivity (Wildman–Crippen MR) is 107 cm³/mol. The Morgan fingerprint density at radius 2 is 2.00 bits per heavy atom. The number of aliphatic hydroxyl groups is 3. The first-order valence-corrected chi connectivity index (χ1v) is 11.3. The Morgan fingerprint density at radius 1 is 1.33 bits per heavy atom. The Balaban J connectivity index is 2.09. The van der Waals surface area contributed by atoms with E-state index < -0.39 is 41.3 Å². The van der Waals surface area contributed by atoms with Crippen LogP contribution in [0.5, 0.6) is 0 Å². The molecule has 2 heterocycles. The molecule has 27 heavy (non-hydrogen) atoms. The quantitative estimate of drug-likeness (QED) is 0.438. The van der Waals surface area contributed by atoms with Gasteiger partial charge in [-0.25, -0.2) is 0 Å². The lowest BCUT2D eigenvalue weighted by Gasteiger charge is -2.44. The Labute approximate surface area is 170 Å². The first-order valence-electron chi connectivity index (χ1n) is 9.58. The maximum Gasteiger partial charge on any atom is 0.237 e. The summed E-state index contributed by atoms with van der Waals surface area (Å²) in [6.07, 6.45) is -0.0980. The van der Waals surface area contributed by atoms with E-state index >= 15 is 0 Å². The van der Waals surface area contributed by atoms with Crippen molar-refractivity contribution in [3.63, 3.8) is 0 Å². The van der Waals surface area contributed by atoms with Crippen molar-refractivity contribution in [3.05, 3.63) is 0 Å². The fourth-order valence-electron chi connectivity index (χ4n) is 4.11. The molecular formula is C18H33ClN2O5S. The van der Waals surface area contributed by atoms with Gasteiger partial charge in [-0.1, -0.05) is 13.3 Å². The standard InChI is InChI=1S/C18H33ClN2O5S/c1-5-6-10-7-11(21(3)8-10)17(25)20-12(9(2)19)16-14(23)13(22)15(24)18(26-16)27-4/h9-16,18,22-24H,5-8H2,1-4H3,(H,20,25)/t9?,10-,11+,12?,13?,14?,15?,16?,18?/m1/s1. The minimum atomic E-state index is -1.36. The third kappa shape index (κ3) is 5.29. The summed E-state index contributed by atoms with van der Waals surface area (Å²) in [4.78, 5) is 14.9. The molecule has 1 amide bonds. The van der Waals surface area contributed by atoms with Crippen molar-refractivity contribution >= 4 is 29.3 Å². The summed E-state index contributed by atoms with van der Waals surface area (Å²) in [5.74, 6) is 0.350. The van der Waals surface area contributed by atoms with Gasteiger partial charge in [-0.05, 0) is 39.0 Å². The zero-order chi connectivity index (χ0) is 20.3. The number of amides is 1. The number of nitrogens with zero attached hydrogens (tertiary/aromatic N) is 1. The smallest absolute Gasteiger partial charge is 0.237 e. The molecule has 4 N–H and O–H groups in total. The molecule has 0 aliphatic carbocycles. The van der Waals surface area contributed by atoms with Crippen LogP contribution in [0.4, 0.5) is 0 Å². The number of likely N-dealkylation sites (tertiary alicyclic amines) is 1. The van der Waals surface area contributed by atoms with E-state index in [1.807, 2.05) is 11.9 Å². The number of halogens is 1. The molecular weight excluding hydrogens is 392 g/mol. The highest BCUT2D eigenvalue weighted by atomic mass is 35.5. The van der Waals surface area contributed by atoms with Crippen molar-refractivity contribution < 1.29 is 24.9 Å². The van der Waals surface area contributed by atoms with Crippen LogP contribution in [-0.2, 0) is 9.53 Å². The summed E-state index contributed by atoms with van der Waals surface area (Å²) in [5.41, 5.74) is -0.702. The van der Waals surface area contributed by atoms with Crippen molar-refractivity contribution in [2.75, 3.05) is 19.8 Å². The molecule has 0 spiro atoms. The molecule has 2 rings (SSSR count). The highest BCUT2D eigenvalue weighted by molar-refractivity contribution is 7.99. The van der Waals surface area contributed by atoms with Gasteiger partial charge in [0.2, 0.25) is 5.91 Å². The lowest BCUT2D eigenvalue weighted by molar-refractivity contribution is -0.205. The molecule has 2 saturated heterocycles. The molecule has 2 fully saturated rings. The lowest BCUT2D eigenvalue weighted by Crippen LogP contribution is -2.65. The van der Waals surface area contributed by atoms with Gasteiger partial charge in [0.1, 0.15) is 29.9 Å². The summed E-state index contributed by atoms with van der Waals surface area (Å²) in [6, 6.07) is -0.934. The number of rotatable bonds is 7. The molecule has 0 aromatic carbocycles. The number of hydrogen-bond donors (Lipinski definition) is 4. The van der Waals surface area contributed by atoms with E-state index in [9.17, 15) is 20.1 Å². The van der Waals surface area contributed by atoms with E-state index in [-0.39, 0.29) is 11.9 Å². The van der Waals surface area contributed by atoms with Crippen LogP contribution in [0.1, 0.15) is 33.1 Å². The van der Waals surface area contributed by atoms with Crippen LogP contribution in [0, 0.1) is 5.92 Å². The second-order valence-corrected chi connectivity index (χ2v) is 9.36. The van der Waals surface area contributed by atoms with Gasteiger partial charge >= 0.3 is 0 Å². The minimum absolute atomic E-state index is 0.147. The fraction of sp³-hybridized carbons (Fsp3) is 0.944. The van der Waals surface area contributed by atoms with Gasteiger partial charge in [-0.3, -0.25) is 9.69 Å². The van der Waals surface area contributed by atoms with Gasteiger partial charge in [0, 0.05) is 6.54 Å². The van der Waals surface area contributed by atoms with Crippen LogP contribution in [0.3, 0.4) is 0 Å². The highest BCUT2D eigenvalue weighted by Crippen LogP contribution is 2.31. The van der Waals surface area contributed by atoms with Crippen molar-refractivity contribution in [2.24, 2.45) is 5.92 Å². The Bertz CT molecular complexity index is 498. The second-order valence-electron chi connectivity index (χ2n) is 7.73. The molecule has 7 unspecified atom stereocenters. The molecule has 9 atom stereocenters. The topological polar surface area (TPSA) is 102 Å². The zero-order valence-electron chi connectivity index (χ0n) is 16.4. The number of thioether (sulfide) groups is 1. The van der Waals surface area contributed by atoms with Crippen LogP contribution in [0.15, 0.2) is 0 Å². The summed E-state index contributed by atoms with van der Waals surface area (Å²) in [7, 11) is 1.94. The van der Waals surface area contributed by atoms with Crippen LogP contribution in [-0.4, -0.2) is 93.3 Å². The third-order valence-corrected chi connectivity index (χ3v) is 6.76. The number of nitrogens with one attached hydrogen (secondary N) is 1. The molecule has 0 radical (unpaired) electrons. The van der Waals surface area contributed by atoms with Gasteiger partial charge in [0.25, 0.3) is 0 Å². The third-order valence-electron chi connectivity index (χ3n) is 5.63. The normalized spacial score (nSPS) is 39.9. The average molecular weight is 425 g/mol. The number of aliphatic hydroxyl groups excluding tert-OH is 3. The highest BCUT2D eigenvalue weighted by Gasteiger charge is 2.48. The van der Waals surface area contributed by atoms with E-state index in [4.69, 9.17) is 16.3 Å². The summed E-state index contributed by atoms with van der Waals surface area (Å²) in [5, 5.41) is 33.0. The van der Waals surface area contributed by atoms with Gasteiger partial charge in [0.15, 0.2) is 0 Å². The maximum absolute atomic E-state index is 12.9. The molecule has 0 saturated carbocycles. The Hall–Kier alpha value is -0.0900. The van der Waals surface area contributed by atoms with Crippen LogP contribution >= 0.6 is 23.4 Å². The molecule has 2 aliphatic heterocycles. The van der Waals surface area contributed by atoms with E-state index in [0.717, 1.165) is 25.8 Å². The van der Waals surface area contributed by atoms with Gasteiger partial charge in [-0.2, -0.15) is 0 Å². The largest absolute Gasteiger partial charge is 0.388 e.